The van der Waals surface area contributed by atoms with Crippen LogP contribution in [-0.4, -0.2) is 55.6 Å². The van der Waals surface area contributed by atoms with Gasteiger partial charge >= 0.3 is 5.97 Å². The molecule has 2 heterocycles. The summed E-state index contributed by atoms with van der Waals surface area (Å²) >= 11 is 0. The lowest BCUT2D eigenvalue weighted by molar-refractivity contribution is -0.175. The fourth-order valence-electron chi connectivity index (χ4n) is 6.35. The molecule has 7 heteroatoms. The largest absolute Gasteiger partial charge is 0.468 e. The van der Waals surface area contributed by atoms with Crippen LogP contribution in [0, 0.1) is 0 Å². The Labute approximate surface area is 229 Å². The molecule has 3 aliphatic rings. The first-order valence-electron chi connectivity index (χ1n) is 13.4. The first kappa shape index (κ1) is 26.2. The second-order valence-corrected chi connectivity index (χ2v) is 11.3. The summed E-state index contributed by atoms with van der Waals surface area (Å²) in [6.07, 6.45) is -1.70. The van der Waals surface area contributed by atoms with Gasteiger partial charge in [-0.2, -0.15) is 0 Å². The highest BCUT2D eigenvalue weighted by Gasteiger charge is 2.56. The molecule has 2 aliphatic heterocycles. The second kappa shape index (κ2) is 9.54. The Morgan fingerprint density at radius 1 is 0.821 bits per heavy atom. The van der Waals surface area contributed by atoms with Gasteiger partial charge < -0.3 is 23.7 Å². The number of fused-ring (bicyclic) bond motifs is 3. The van der Waals surface area contributed by atoms with Gasteiger partial charge in [0.15, 0.2) is 11.6 Å². The van der Waals surface area contributed by atoms with E-state index in [1.807, 2.05) is 70.2 Å². The molecule has 204 valence electrons. The van der Waals surface area contributed by atoms with Crippen molar-refractivity contribution in [1.82, 2.24) is 5.32 Å². The summed E-state index contributed by atoms with van der Waals surface area (Å²) in [5.74, 6) is -2.14. The Hall–Kier alpha value is -3.07. The molecule has 2 saturated heterocycles. The number of hydrogen-bond acceptors (Lipinski definition) is 7. The Bertz CT molecular complexity index is 1320. The molecule has 2 fully saturated rings. The minimum atomic E-state index is -0.940. The number of esters is 1. The minimum Gasteiger partial charge on any atom is -0.468 e. The van der Waals surface area contributed by atoms with Crippen molar-refractivity contribution < 1.29 is 28.5 Å². The first-order valence-corrected chi connectivity index (χ1v) is 13.4. The molecule has 0 unspecified atom stereocenters. The summed E-state index contributed by atoms with van der Waals surface area (Å²) in [6.45, 7) is 7.77. The summed E-state index contributed by atoms with van der Waals surface area (Å²) in [6, 6.07) is 25.9. The van der Waals surface area contributed by atoms with E-state index in [-0.39, 0.29) is 0 Å². The molecule has 4 atom stereocenters. The van der Waals surface area contributed by atoms with Gasteiger partial charge in [-0.3, -0.25) is 10.1 Å². The maximum Gasteiger partial charge on any atom is 0.325 e. The summed E-state index contributed by atoms with van der Waals surface area (Å²) in [7, 11) is 1.40. The predicted octanol–water partition coefficient (Wildman–Crippen LogP) is 4.76. The van der Waals surface area contributed by atoms with Crippen LogP contribution in [-0.2, 0) is 34.0 Å². The molecule has 0 spiro atoms. The molecule has 1 N–H and O–H groups in total. The lowest BCUT2D eigenvalue weighted by Crippen LogP contribution is -2.60. The van der Waals surface area contributed by atoms with Crippen LogP contribution in [0.5, 0.6) is 0 Å². The minimum absolute atomic E-state index is 0.330. The fourth-order valence-corrected chi connectivity index (χ4v) is 6.35. The molecule has 0 bridgehead atoms. The van der Waals surface area contributed by atoms with Crippen LogP contribution < -0.4 is 5.32 Å². The van der Waals surface area contributed by atoms with Gasteiger partial charge in [0.1, 0.15) is 24.4 Å². The zero-order valence-corrected chi connectivity index (χ0v) is 23.0. The van der Waals surface area contributed by atoms with Crippen molar-refractivity contribution in [3.8, 4) is 11.1 Å². The molecular formula is C32H35NO6. The van der Waals surface area contributed by atoms with Gasteiger partial charge in [-0.15, -0.1) is 0 Å². The molecule has 0 amide bonds. The Kier molecular flexibility index (Phi) is 6.40. The van der Waals surface area contributed by atoms with E-state index in [1.165, 1.54) is 7.11 Å². The van der Waals surface area contributed by atoms with Crippen LogP contribution in [0.15, 0.2) is 78.9 Å². The Balaban J connectivity index is 1.51. The van der Waals surface area contributed by atoms with E-state index < -0.39 is 47.4 Å². The van der Waals surface area contributed by atoms with Gasteiger partial charge in [-0.05, 0) is 55.5 Å². The lowest BCUT2D eigenvalue weighted by Gasteiger charge is -2.39. The van der Waals surface area contributed by atoms with Crippen molar-refractivity contribution in [2.24, 2.45) is 0 Å². The average molecular weight is 530 g/mol. The van der Waals surface area contributed by atoms with E-state index in [0.29, 0.717) is 6.61 Å². The van der Waals surface area contributed by atoms with Crippen LogP contribution >= 0.6 is 0 Å². The number of carbonyl (C=O) groups is 1. The maximum atomic E-state index is 13.7. The SMILES string of the molecule is COC(=O)[C@@H](NC1(c2ccccc2)c2ccccc2-c2ccccc21)[C@H]1OC(C)(C)O[C@H]1[C@H]1COC(C)(C)O1. The molecule has 6 rings (SSSR count). The van der Waals surface area contributed by atoms with Gasteiger partial charge in [0.25, 0.3) is 0 Å². The topological polar surface area (TPSA) is 75.3 Å². The third-order valence-electron chi connectivity index (χ3n) is 7.88. The van der Waals surface area contributed by atoms with Crippen LogP contribution in [0.1, 0.15) is 44.4 Å². The number of benzene rings is 3. The summed E-state index contributed by atoms with van der Waals surface area (Å²) in [4.78, 5) is 13.7. The first-order chi connectivity index (χ1) is 18.7. The van der Waals surface area contributed by atoms with Gasteiger partial charge in [0, 0.05) is 0 Å². The highest BCUT2D eigenvalue weighted by Crippen LogP contribution is 2.51. The highest BCUT2D eigenvalue weighted by molar-refractivity contribution is 5.84. The number of nitrogens with one attached hydrogen (secondary N) is 1. The van der Waals surface area contributed by atoms with Crippen molar-refractivity contribution in [2.75, 3.05) is 13.7 Å². The summed E-state index contributed by atoms with van der Waals surface area (Å²) in [5.41, 5.74) is 4.50. The molecule has 0 radical (unpaired) electrons. The quantitative estimate of drug-likeness (QED) is 0.462. The van der Waals surface area contributed by atoms with Crippen LogP contribution in [0.3, 0.4) is 0 Å². The summed E-state index contributed by atoms with van der Waals surface area (Å²) in [5, 5.41) is 3.79. The predicted molar refractivity (Wildman–Crippen MR) is 146 cm³/mol. The van der Waals surface area contributed by atoms with E-state index in [0.717, 1.165) is 27.8 Å². The zero-order valence-electron chi connectivity index (χ0n) is 23.0. The van der Waals surface area contributed by atoms with Gasteiger partial charge in [-0.25, -0.2) is 0 Å². The maximum absolute atomic E-state index is 13.7. The number of carbonyl (C=O) groups excluding carboxylic acids is 1. The van der Waals surface area contributed by atoms with Gasteiger partial charge in [-0.1, -0.05) is 78.9 Å². The van der Waals surface area contributed by atoms with Gasteiger partial charge in [0.2, 0.25) is 0 Å². The molecule has 3 aromatic carbocycles. The second-order valence-electron chi connectivity index (χ2n) is 11.3. The standard InChI is InChI=1S/C32H35NO6/c1-30(2)36-19-25(37-30)27-28(39-31(3,4)38-27)26(29(34)35-5)33-32(20-13-7-6-8-14-20)23-17-11-9-15-21(23)22-16-10-12-18-24(22)32/h6-18,25-28,33H,19H2,1-5H3/t25-,26+,27+,28-/m1/s1. The zero-order chi connectivity index (χ0) is 27.4. The fraction of sp³-hybridized carbons (Fsp3) is 0.406. The number of hydrogen-bond donors (Lipinski definition) is 1. The van der Waals surface area contributed by atoms with E-state index in [4.69, 9.17) is 23.7 Å². The van der Waals surface area contributed by atoms with E-state index in [1.54, 1.807) is 0 Å². The smallest absolute Gasteiger partial charge is 0.325 e. The van der Waals surface area contributed by atoms with E-state index >= 15 is 0 Å². The number of rotatable bonds is 6. The third kappa shape index (κ3) is 4.39. The molecular weight excluding hydrogens is 494 g/mol. The third-order valence-corrected chi connectivity index (χ3v) is 7.88. The Morgan fingerprint density at radius 2 is 1.41 bits per heavy atom. The normalized spacial score (nSPS) is 26.5. The van der Waals surface area contributed by atoms with Crippen LogP contribution in [0.2, 0.25) is 0 Å². The van der Waals surface area contributed by atoms with Crippen molar-refractivity contribution >= 4 is 5.97 Å². The van der Waals surface area contributed by atoms with Crippen molar-refractivity contribution in [2.45, 2.75) is 69.2 Å². The average Bonchev–Trinajstić information content (AvgIpc) is 3.56. The van der Waals surface area contributed by atoms with Crippen molar-refractivity contribution in [3.05, 3.63) is 95.6 Å². The van der Waals surface area contributed by atoms with E-state index in [9.17, 15) is 4.79 Å². The molecule has 7 nitrogen and oxygen atoms in total. The molecule has 0 saturated carbocycles. The Morgan fingerprint density at radius 3 is 1.97 bits per heavy atom. The van der Waals surface area contributed by atoms with Crippen molar-refractivity contribution in [3.63, 3.8) is 0 Å². The number of methoxy groups -OCH3 is 1. The summed E-state index contributed by atoms with van der Waals surface area (Å²) < 4.78 is 30.3. The lowest BCUT2D eigenvalue weighted by atomic mass is 9.79. The van der Waals surface area contributed by atoms with Crippen LogP contribution in [0.4, 0.5) is 0 Å². The molecule has 3 aromatic rings. The highest BCUT2D eigenvalue weighted by atomic mass is 16.8. The molecule has 0 aromatic heterocycles. The van der Waals surface area contributed by atoms with Gasteiger partial charge in [0.05, 0.1) is 19.3 Å². The van der Waals surface area contributed by atoms with Crippen LogP contribution in [0.25, 0.3) is 11.1 Å². The monoisotopic (exact) mass is 529 g/mol. The molecule has 39 heavy (non-hydrogen) atoms. The van der Waals surface area contributed by atoms with Crippen molar-refractivity contribution in [1.29, 1.82) is 0 Å². The van der Waals surface area contributed by atoms with E-state index in [2.05, 4.69) is 41.7 Å². The number of ether oxygens (including phenoxy) is 5. The molecule has 1 aliphatic carbocycles.